The summed E-state index contributed by atoms with van der Waals surface area (Å²) in [5.41, 5.74) is 1.90. The lowest BCUT2D eigenvalue weighted by atomic mass is 9.83. The summed E-state index contributed by atoms with van der Waals surface area (Å²) in [7, 11) is 1.43. The number of esters is 1. The molecular formula is C22H32N4O4. The summed E-state index contributed by atoms with van der Waals surface area (Å²) in [6.07, 6.45) is 2.81. The van der Waals surface area contributed by atoms with Gasteiger partial charge in [0.1, 0.15) is 0 Å². The highest BCUT2D eigenvalue weighted by Gasteiger charge is 2.36. The maximum absolute atomic E-state index is 13.3. The van der Waals surface area contributed by atoms with E-state index < -0.39 is 0 Å². The van der Waals surface area contributed by atoms with Crippen LogP contribution in [0.2, 0.25) is 0 Å². The van der Waals surface area contributed by atoms with E-state index in [1.165, 1.54) is 7.11 Å². The Hall–Kier alpha value is -2.35. The number of rotatable bonds is 4. The Morgan fingerprint density at radius 3 is 2.80 bits per heavy atom. The van der Waals surface area contributed by atoms with Crippen LogP contribution in [0.5, 0.6) is 0 Å². The van der Waals surface area contributed by atoms with Gasteiger partial charge in [0.2, 0.25) is 0 Å². The lowest BCUT2D eigenvalue weighted by molar-refractivity contribution is -0.147. The number of carbonyl (C=O) groups is 2. The molecule has 1 aromatic rings. The van der Waals surface area contributed by atoms with Gasteiger partial charge < -0.3 is 19.5 Å². The van der Waals surface area contributed by atoms with E-state index in [1.807, 2.05) is 22.5 Å². The Morgan fingerprint density at radius 2 is 2.03 bits per heavy atom. The van der Waals surface area contributed by atoms with Gasteiger partial charge in [-0.25, -0.2) is 4.79 Å². The molecule has 2 bridgehead atoms. The van der Waals surface area contributed by atoms with Crippen molar-refractivity contribution in [3.8, 4) is 0 Å². The summed E-state index contributed by atoms with van der Waals surface area (Å²) >= 11 is 0. The lowest BCUT2D eigenvalue weighted by Crippen LogP contribution is -2.52. The molecule has 3 atom stereocenters. The molecule has 4 heterocycles. The first kappa shape index (κ1) is 20.9. The highest BCUT2D eigenvalue weighted by Crippen LogP contribution is 2.35. The van der Waals surface area contributed by atoms with Crippen LogP contribution in [-0.4, -0.2) is 66.2 Å². The Balaban J connectivity index is 1.50. The van der Waals surface area contributed by atoms with Crippen molar-refractivity contribution in [1.82, 2.24) is 19.7 Å². The third kappa shape index (κ3) is 4.10. The molecule has 3 aliphatic heterocycles. The number of urea groups is 1. The number of amides is 2. The number of ether oxygens (including phenoxy) is 1. The van der Waals surface area contributed by atoms with E-state index in [4.69, 9.17) is 4.74 Å². The van der Waals surface area contributed by atoms with Crippen molar-refractivity contribution in [3.05, 3.63) is 33.7 Å². The van der Waals surface area contributed by atoms with E-state index in [0.29, 0.717) is 45.2 Å². The summed E-state index contributed by atoms with van der Waals surface area (Å²) in [4.78, 5) is 41.5. The molecule has 1 N–H and O–H groups in total. The van der Waals surface area contributed by atoms with Crippen LogP contribution < -0.4 is 10.9 Å². The normalized spacial score (nSPS) is 26.1. The summed E-state index contributed by atoms with van der Waals surface area (Å²) in [6, 6.07) is 4.01. The molecule has 0 spiro atoms. The van der Waals surface area contributed by atoms with Crippen molar-refractivity contribution >= 4 is 12.0 Å². The number of carbonyl (C=O) groups excluding carboxylic acids is 2. The quantitative estimate of drug-likeness (QED) is 0.750. The first-order valence-corrected chi connectivity index (χ1v) is 11.1. The number of methoxy groups -OCH3 is 1. The SMILES string of the molecule is CCNC(=O)N1C[C@@H]2C[C@H](C1)c1ccc(CN3CCC[C@H](C(=O)OC)C3)c(=O)n1C2. The highest BCUT2D eigenvalue weighted by molar-refractivity contribution is 5.74. The summed E-state index contributed by atoms with van der Waals surface area (Å²) in [5, 5.41) is 2.89. The number of nitrogens with one attached hydrogen (secondary N) is 1. The zero-order valence-corrected chi connectivity index (χ0v) is 17.9. The van der Waals surface area contributed by atoms with E-state index in [0.717, 1.165) is 37.1 Å². The van der Waals surface area contributed by atoms with Gasteiger partial charge in [-0.15, -0.1) is 0 Å². The Labute approximate surface area is 177 Å². The molecular weight excluding hydrogens is 384 g/mol. The molecule has 0 aliphatic carbocycles. The van der Waals surface area contributed by atoms with Crippen LogP contribution in [0, 0.1) is 11.8 Å². The van der Waals surface area contributed by atoms with Gasteiger partial charge in [-0.3, -0.25) is 14.5 Å². The average Bonchev–Trinajstić information content (AvgIpc) is 2.75. The van der Waals surface area contributed by atoms with Crippen LogP contribution in [0.25, 0.3) is 0 Å². The predicted octanol–water partition coefficient (Wildman–Crippen LogP) is 1.38. The maximum atomic E-state index is 13.3. The minimum atomic E-state index is -0.161. The van der Waals surface area contributed by atoms with Crippen molar-refractivity contribution in [2.75, 3.05) is 39.8 Å². The van der Waals surface area contributed by atoms with E-state index in [-0.39, 0.29) is 29.4 Å². The lowest BCUT2D eigenvalue weighted by Gasteiger charge is -2.42. The Bertz CT molecular complexity index is 867. The standard InChI is InChI=1S/C22H32N4O4/c1-3-23-22(29)25-10-15-9-18(14-25)19-7-6-16(20(27)26(19)11-15)12-24-8-4-5-17(13-24)21(28)30-2/h6-7,15,17-18H,3-5,8-14H2,1-2H3,(H,23,29)/t15-,17-,18+/m0/s1. The predicted molar refractivity (Wildman–Crippen MR) is 112 cm³/mol. The number of pyridine rings is 1. The zero-order chi connectivity index (χ0) is 21.3. The molecule has 0 saturated carbocycles. The van der Waals surface area contributed by atoms with Crippen molar-refractivity contribution in [3.63, 3.8) is 0 Å². The topological polar surface area (TPSA) is 83.9 Å². The number of aromatic nitrogens is 1. The van der Waals surface area contributed by atoms with Gasteiger partial charge in [-0.1, -0.05) is 6.07 Å². The van der Waals surface area contributed by atoms with Crippen molar-refractivity contribution in [1.29, 1.82) is 0 Å². The summed E-state index contributed by atoms with van der Waals surface area (Å²) < 4.78 is 6.84. The molecule has 2 fully saturated rings. The van der Waals surface area contributed by atoms with Gasteiger partial charge in [0, 0.05) is 56.4 Å². The smallest absolute Gasteiger partial charge is 0.317 e. The molecule has 4 rings (SSSR count). The van der Waals surface area contributed by atoms with Gasteiger partial charge >= 0.3 is 12.0 Å². The maximum Gasteiger partial charge on any atom is 0.317 e. The number of hydrogen-bond acceptors (Lipinski definition) is 5. The van der Waals surface area contributed by atoms with E-state index >= 15 is 0 Å². The van der Waals surface area contributed by atoms with Crippen LogP contribution in [-0.2, 0) is 22.6 Å². The first-order valence-electron chi connectivity index (χ1n) is 11.1. The minimum Gasteiger partial charge on any atom is -0.469 e. The number of nitrogens with zero attached hydrogens (tertiary/aromatic N) is 3. The van der Waals surface area contributed by atoms with E-state index in [2.05, 4.69) is 16.3 Å². The number of piperidine rings is 2. The molecule has 8 heteroatoms. The van der Waals surface area contributed by atoms with Crippen molar-refractivity contribution in [2.45, 2.75) is 45.2 Å². The Morgan fingerprint density at radius 1 is 1.20 bits per heavy atom. The highest BCUT2D eigenvalue weighted by atomic mass is 16.5. The molecule has 0 aromatic carbocycles. The second-order valence-corrected chi connectivity index (χ2v) is 8.84. The monoisotopic (exact) mass is 416 g/mol. The summed E-state index contributed by atoms with van der Waals surface area (Å²) in [6.45, 7) is 6.67. The number of fused-ring (bicyclic) bond motifs is 4. The van der Waals surface area contributed by atoms with Gasteiger partial charge in [0.05, 0.1) is 13.0 Å². The molecule has 0 unspecified atom stereocenters. The van der Waals surface area contributed by atoms with Gasteiger partial charge in [0.25, 0.3) is 5.56 Å². The van der Waals surface area contributed by atoms with Crippen molar-refractivity contribution in [2.24, 2.45) is 11.8 Å². The average molecular weight is 417 g/mol. The van der Waals surface area contributed by atoms with E-state index in [9.17, 15) is 14.4 Å². The molecule has 164 valence electrons. The van der Waals surface area contributed by atoms with Crippen molar-refractivity contribution < 1.29 is 14.3 Å². The summed E-state index contributed by atoms with van der Waals surface area (Å²) in [5.74, 6) is 0.251. The fourth-order valence-electron chi connectivity index (χ4n) is 5.34. The van der Waals surface area contributed by atoms with Crippen LogP contribution in [0.15, 0.2) is 16.9 Å². The Kier molecular flexibility index (Phi) is 6.13. The second-order valence-electron chi connectivity index (χ2n) is 8.84. The van der Waals surface area contributed by atoms with Gasteiger partial charge in [-0.2, -0.15) is 0 Å². The first-order chi connectivity index (χ1) is 14.5. The second kappa shape index (κ2) is 8.79. The van der Waals surface area contributed by atoms with Crippen LogP contribution in [0.1, 0.15) is 43.4 Å². The van der Waals surface area contributed by atoms with Gasteiger partial charge in [-0.05, 0) is 44.7 Å². The molecule has 3 aliphatic rings. The molecule has 0 radical (unpaired) electrons. The fraction of sp³-hybridized carbons (Fsp3) is 0.682. The molecule has 2 saturated heterocycles. The number of hydrogen-bond donors (Lipinski definition) is 1. The molecule has 1 aromatic heterocycles. The molecule has 8 nitrogen and oxygen atoms in total. The van der Waals surface area contributed by atoms with Crippen LogP contribution >= 0.6 is 0 Å². The third-order valence-corrected chi connectivity index (χ3v) is 6.73. The molecule has 2 amide bonds. The zero-order valence-electron chi connectivity index (χ0n) is 17.9. The van der Waals surface area contributed by atoms with E-state index in [1.54, 1.807) is 0 Å². The van der Waals surface area contributed by atoms with Crippen LogP contribution in [0.4, 0.5) is 4.79 Å². The largest absolute Gasteiger partial charge is 0.469 e. The number of likely N-dealkylation sites (tertiary alicyclic amines) is 2. The van der Waals surface area contributed by atoms with Crippen LogP contribution in [0.3, 0.4) is 0 Å². The fourth-order valence-corrected chi connectivity index (χ4v) is 5.34. The molecule has 30 heavy (non-hydrogen) atoms. The minimum absolute atomic E-state index is 0.00937. The third-order valence-electron chi connectivity index (χ3n) is 6.73. The van der Waals surface area contributed by atoms with Gasteiger partial charge in [0.15, 0.2) is 0 Å².